The normalized spacial score (nSPS) is 25.7. The van der Waals surface area contributed by atoms with Gasteiger partial charge < -0.3 is 20.1 Å². The van der Waals surface area contributed by atoms with Gasteiger partial charge in [0.25, 0.3) is 0 Å². The molecule has 1 fully saturated rings. The van der Waals surface area contributed by atoms with E-state index in [4.69, 9.17) is 9.84 Å². The molecule has 1 rings (SSSR count). The molecule has 1 aliphatic carbocycles. The maximum Gasteiger partial charge on any atom is 0.303 e. The quantitative estimate of drug-likeness (QED) is 0.293. The number of carboxylic acid groups (broad SMARTS) is 1. The van der Waals surface area contributed by atoms with E-state index in [0.29, 0.717) is 12.8 Å². The monoisotopic (exact) mass is 382 g/mol. The molecule has 0 aromatic carbocycles. The van der Waals surface area contributed by atoms with Gasteiger partial charge >= 0.3 is 5.97 Å². The lowest BCUT2D eigenvalue weighted by atomic mass is 9.89. The Balaban J connectivity index is 2.27. The van der Waals surface area contributed by atoms with Crippen molar-refractivity contribution in [2.24, 2.45) is 11.8 Å². The smallest absolute Gasteiger partial charge is 0.303 e. The number of aliphatic hydroxyl groups is 2. The number of carbonyl (C=O) groups is 1. The second-order valence-electron chi connectivity index (χ2n) is 7.43. The molecule has 0 aromatic rings. The lowest BCUT2D eigenvalue weighted by Crippen LogP contribution is -2.19. The van der Waals surface area contributed by atoms with Gasteiger partial charge in [0, 0.05) is 32.0 Å². The van der Waals surface area contributed by atoms with E-state index in [-0.39, 0.29) is 18.3 Å². The SMILES string of the molecule is CCOCCCCCCC=C[C@@H]1C(CC=CCCCC(=O)O)[C@@H](O)C[C@H]1O. The van der Waals surface area contributed by atoms with Crippen LogP contribution in [0.5, 0.6) is 0 Å². The zero-order valence-electron chi connectivity index (χ0n) is 16.8. The molecule has 0 bridgehead atoms. The zero-order valence-corrected chi connectivity index (χ0v) is 16.8. The number of unbranched alkanes of at least 4 members (excludes halogenated alkanes) is 5. The van der Waals surface area contributed by atoms with Crippen molar-refractivity contribution in [1.82, 2.24) is 0 Å². The average molecular weight is 383 g/mol. The minimum absolute atomic E-state index is 0.00150. The Bertz CT molecular complexity index is 446. The highest BCUT2D eigenvalue weighted by Crippen LogP contribution is 2.36. The van der Waals surface area contributed by atoms with Crippen molar-refractivity contribution in [2.75, 3.05) is 13.2 Å². The van der Waals surface area contributed by atoms with Crippen LogP contribution in [0.3, 0.4) is 0 Å². The fourth-order valence-corrected chi connectivity index (χ4v) is 3.67. The molecule has 0 saturated heterocycles. The number of carboxylic acids is 1. The largest absolute Gasteiger partial charge is 0.481 e. The third-order valence-electron chi connectivity index (χ3n) is 5.22. The van der Waals surface area contributed by atoms with Gasteiger partial charge in [0.2, 0.25) is 0 Å². The van der Waals surface area contributed by atoms with Gasteiger partial charge in [0.05, 0.1) is 12.2 Å². The molecule has 1 saturated carbocycles. The zero-order chi connectivity index (χ0) is 19.9. The van der Waals surface area contributed by atoms with Gasteiger partial charge in [-0.15, -0.1) is 0 Å². The molecule has 3 N–H and O–H groups in total. The Morgan fingerprint density at radius 3 is 2.48 bits per heavy atom. The lowest BCUT2D eigenvalue weighted by Gasteiger charge is -2.19. The van der Waals surface area contributed by atoms with Crippen molar-refractivity contribution in [3.8, 4) is 0 Å². The number of aliphatic hydroxyl groups excluding tert-OH is 2. The van der Waals surface area contributed by atoms with Crippen LogP contribution in [-0.4, -0.2) is 46.7 Å². The van der Waals surface area contributed by atoms with E-state index >= 15 is 0 Å². The average Bonchev–Trinajstić information content (AvgIpc) is 2.89. The molecule has 0 aromatic heterocycles. The van der Waals surface area contributed by atoms with Crippen molar-refractivity contribution < 1.29 is 24.9 Å². The van der Waals surface area contributed by atoms with Gasteiger partial charge in [0.15, 0.2) is 0 Å². The summed E-state index contributed by atoms with van der Waals surface area (Å²) in [7, 11) is 0. The third-order valence-corrected chi connectivity index (χ3v) is 5.22. The lowest BCUT2D eigenvalue weighted by molar-refractivity contribution is -0.137. The van der Waals surface area contributed by atoms with Crippen LogP contribution in [0.2, 0.25) is 0 Å². The third kappa shape index (κ3) is 10.7. The standard InChI is InChI=1S/C22H38O5/c1-2-27-16-12-8-4-3-5-9-13-18-19(21(24)17-20(18)23)14-10-6-7-11-15-22(25)26/h6,9-10,13,18-21,23-24H,2-5,7-8,11-12,14-17H2,1H3,(H,25,26)/t18-,19?,20-,21+/m1/s1. The second kappa shape index (κ2) is 14.8. The molecule has 4 atom stereocenters. The summed E-state index contributed by atoms with van der Waals surface area (Å²) in [6.45, 7) is 3.66. The molecule has 156 valence electrons. The highest BCUT2D eigenvalue weighted by Gasteiger charge is 2.39. The first-order chi connectivity index (χ1) is 13.1. The fourth-order valence-electron chi connectivity index (χ4n) is 3.67. The predicted molar refractivity (Wildman–Crippen MR) is 108 cm³/mol. The van der Waals surface area contributed by atoms with Crippen molar-refractivity contribution in [2.45, 2.75) is 83.3 Å². The summed E-state index contributed by atoms with van der Waals surface area (Å²) in [6, 6.07) is 0. The fraction of sp³-hybridized carbons (Fsp3) is 0.773. The van der Waals surface area contributed by atoms with Crippen LogP contribution in [-0.2, 0) is 9.53 Å². The Morgan fingerprint density at radius 1 is 1.00 bits per heavy atom. The molecule has 5 nitrogen and oxygen atoms in total. The Labute approximate surface area is 164 Å². The molecule has 0 amide bonds. The van der Waals surface area contributed by atoms with Gasteiger partial charge in [-0.1, -0.05) is 37.1 Å². The Morgan fingerprint density at radius 2 is 1.74 bits per heavy atom. The summed E-state index contributed by atoms with van der Waals surface area (Å²) in [6.07, 6.45) is 15.6. The maximum atomic E-state index is 10.5. The van der Waals surface area contributed by atoms with Crippen LogP contribution in [0.1, 0.15) is 71.1 Å². The Hall–Kier alpha value is -1.17. The highest BCUT2D eigenvalue weighted by atomic mass is 16.5. The summed E-state index contributed by atoms with van der Waals surface area (Å²) < 4.78 is 5.33. The van der Waals surface area contributed by atoms with E-state index in [1.807, 2.05) is 19.1 Å². The Kier molecular flexibility index (Phi) is 13.1. The van der Waals surface area contributed by atoms with Crippen LogP contribution in [0, 0.1) is 11.8 Å². The van der Waals surface area contributed by atoms with Crippen molar-refractivity contribution in [1.29, 1.82) is 0 Å². The van der Waals surface area contributed by atoms with Crippen LogP contribution < -0.4 is 0 Å². The molecule has 0 aliphatic heterocycles. The first-order valence-electron chi connectivity index (χ1n) is 10.5. The second-order valence-corrected chi connectivity index (χ2v) is 7.43. The van der Waals surface area contributed by atoms with Gasteiger partial charge in [-0.05, 0) is 51.4 Å². The number of hydrogen-bond donors (Lipinski definition) is 3. The maximum absolute atomic E-state index is 10.5. The molecule has 0 spiro atoms. The summed E-state index contributed by atoms with van der Waals surface area (Å²) >= 11 is 0. The topological polar surface area (TPSA) is 87.0 Å². The molecule has 1 aliphatic rings. The molecular weight excluding hydrogens is 344 g/mol. The van der Waals surface area contributed by atoms with E-state index in [0.717, 1.165) is 45.3 Å². The number of rotatable bonds is 15. The van der Waals surface area contributed by atoms with E-state index < -0.39 is 18.2 Å². The van der Waals surface area contributed by atoms with Crippen molar-refractivity contribution in [3.05, 3.63) is 24.3 Å². The van der Waals surface area contributed by atoms with Crippen LogP contribution in [0.4, 0.5) is 0 Å². The summed E-state index contributed by atoms with van der Waals surface area (Å²) in [5.74, 6) is -0.725. The summed E-state index contributed by atoms with van der Waals surface area (Å²) in [5, 5.41) is 29.1. The van der Waals surface area contributed by atoms with Gasteiger partial charge in [0.1, 0.15) is 0 Å². The van der Waals surface area contributed by atoms with E-state index in [9.17, 15) is 15.0 Å². The van der Waals surface area contributed by atoms with Crippen LogP contribution in [0.25, 0.3) is 0 Å². The van der Waals surface area contributed by atoms with Gasteiger partial charge in [-0.2, -0.15) is 0 Å². The van der Waals surface area contributed by atoms with Crippen LogP contribution >= 0.6 is 0 Å². The number of aliphatic carboxylic acids is 1. The van der Waals surface area contributed by atoms with Crippen molar-refractivity contribution in [3.63, 3.8) is 0 Å². The molecule has 0 heterocycles. The predicted octanol–water partition coefficient (Wildman–Crippen LogP) is 4.09. The number of ether oxygens (including phenoxy) is 1. The molecule has 1 unspecified atom stereocenters. The van der Waals surface area contributed by atoms with Crippen LogP contribution in [0.15, 0.2) is 24.3 Å². The van der Waals surface area contributed by atoms with E-state index in [2.05, 4.69) is 12.2 Å². The number of hydrogen-bond acceptors (Lipinski definition) is 4. The molecular formula is C22H38O5. The van der Waals surface area contributed by atoms with Crippen molar-refractivity contribution >= 4 is 5.97 Å². The highest BCUT2D eigenvalue weighted by molar-refractivity contribution is 5.66. The van der Waals surface area contributed by atoms with E-state index in [1.165, 1.54) is 12.8 Å². The minimum atomic E-state index is -0.766. The van der Waals surface area contributed by atoms with Gasteiger partial charge in [-0.25, -0.2) is 0 Å². The first-order valence-corrected chi connectivity index (χ1v) is 10.5. The van der Waals surface area contributed by atoms with Gasteiger partial charge in [-0.3, -0.25) is 4.79 Å². The molecule has 0 radical (unpaired) electrons. The molecule has 5 heteroatoms. The first kappa shape index (κ1) is 23.9. The number of allylic oxidation sites excluding steroid dienone is 3. The molecule has 27 heavy (non-hydrogen) atoms. The minimum Gasteiger partial charge on any atom is -0.481 e. The summed E-state index contributed by atoms with van der Waals surface area (Å²) in [4.78, 5) is 10.5. The van der Waals surface area contributed by atoms with E-state index in [1.54, 1.807) is 0 Å². The summed E-state index contributed by atoms with van der Waals surface area (Å²) in [5.41, 5.74) is 0.